The molecule has 2 heterocycles. The van der Waals surface area contributed by atoms with Crippen LogP contribution in [-0.2, 0) is 6.54 Å². The Kier molecular flexibility index (Phi) is 3.72. The zero-order valence-corrected chi connectivity index (χ0v) is 12.4. The van der Waals surface area contributed by atoms with Crippen molar-refractivity contribution in [3.8, 4) is 0 Å². The molecule has 0 spiro atoms. The van der Waals surface area contributed by atoms with Gasteiger partial charge in [0.1, 0.15) is 0 Å². The Morgan fingerprint density at radius 1 is 1.40 bits per heavy atom. The SMILES string of the molecule is CN1CCC[C@H](Cn2c(=S)[nH]c3ccccc3c2=O)C1. The molecule has 106 valence electrons. The van der Waals surface area contributed by atoms with Gasteiger partial charge in [-0.05, 0) is 56.7 Å². The van der Waals surface area contributed by atoms with Crippen LogP contribution in [0.5, 0.6) is 0 Å². The van der Waals surface area contributed by atoms with Crippen LogP contribution in [0.3, 0.4) is 0 Å². The lowest BCUT2D eigenvalue weighted by atomic mass is 9.98. The maximum Gasteiger partial charge on any atom is 0.262 e. The van der Waals surface area contributed by atoms with Gasteiger partial charge in [-0.15, -0.1) is 0 Å². The Morgan fingerprint density at radius 3 is 3.00 bits per heavy atom. The highest BCUT2D eigenvalue weighted by Crippen LogP contribution is 2.17. The number of nitrogens with zero attached hydrogens (tertiary/aromatic N) is 2. The van der Waals surface area contributed by atoms with Gasteiger partial charge < -0.3 is 9.88 Å². The lowest BCUT2D eigenvalue weighted by molar-refractivity contribution is 0.193. The van der Waals surface area contributed by atoms with E-state index in [2.05, 4.69) is 16.9 Å². The molecular formula is C15H19N3OS. The van der Waals surface area contributed by atoms with Crippen LogP contribution in [0, 0.1) is 10.7 Å². The summed E-state index contributed by atoms with van der Waals surface area (Å²) >= 11 is 5.36. The first-order chi connectivity index (χ1) is 9.65. The predicted octanol–water partition coefficient (Wildman–Crippen LogP) is 2.40. The summed E-state index contributed by atoms with van der Waals surface area (Å²) in [4.78, 5) is 18.1. The third-order valence-corrected chi connectivity index (χ3v) is 4.37. The fraction of sp³-hybridized carbons (Fsp3) is 0.467. The van der Waals surface area contributed by atoms with Crippen LogP contribution >= 0.6 is 12.2 Å². The molecule has 0 unspecified atom stereocenters. The summed E-state index contributed by atoms with van der Waals surface area (Å²) in [5.74, 6) is 0.503. The highest BCUT2D eigenvalue weighted by molar-refractivity contribution is 7.71. The van der Waals surface area contributed by atoms with Gasteiger partial charge in [-0.1, -0.05) is 12.1 Å². The summed E-state index contributed by atoms with van der Waals surface area (Å²) in [6, 6.07) is 7.55. The van der Waals surface area contributed by atoms with Gasteiger partial charge in [0.05, 0.1) is 10.9 Å². The van der Waals surface area contributed by atoms with Gasteiger partial charge >= 0.3 is 0 Å². The minimum atomic E-state index is 0.0255. The van der Waals surface area contributed by atoms with Crippen LogP contribution < -0.4 is 5.56 Å². The molecule has 0 amide bonds. The second-order valence-corrected chi connectivity index (χ2v) is 6.05. The van der Waals surface area contributed by atoms with E-state index in [4.69, 9.17) is 12.2 Å². The van der Waals surface area contributed by atoms with Crippen molar-refractivity contribution in [3.63, 3.8) is 0 Å². The number of hydrogen-bond donors (Lipinski definition) is 1. The molecule has 0 saturated carbocycles. The van der Waals surface area contributed by atoms with E-state index >= 15 is 0 Å². The molecule has 2 aromatic rings. The molecule has 4 nitrogen and oxygen atoms in total. The van der Waals surface area contributed by atoms with Crippen LogP contribution in [0.25, 0.3) is 10.9 Å². The lowest BCUT2D eigenvalue weighted by Gasteiger charge is -2.29. The zero-order chi connectivity index (χ0) is 14.1. The molecule has 1 aliphatic heterocycles. The minimum absolute atomic E-state index is 0.0255. The summed E-state index contributed by atoms with van der Waals surface area (Å²) < 4.78 is 2.25. The molecule has 1 aromatic carbocycles. The molecule has 1 N–H and O–H groups in total. The first-order valence-electron chi connectivity index (χ1n) is 7.05. The number of aromatic nitrogens is 2. The van der Waals surface area contributed by atoms with E-state index in [0.717, 1.165) is 18.6 Å². The van der Waals surface area contributed by atoms with Crippen molar-refractivity contribution < 1.29 is 0 Å². The average Bonchev–Trinajstić information content (AvgIpc) is 2.43. The summed E-state index contributed by atoms with van der Waals surface area (Å²) in [5, 5.41) is 0.713. The quantitative estimate of drug-likeness (QED) is 0.863. The van der Waals surface area contributed by atoms with E-state index in [1.165, 1.54) is 12.8 Å². The Bertz CT molecular complexity index is 734. The van der Waals surface area contributed by atoms with Crippen molar-refractivity contribution in [2.24, 2.45) is 5.92 Å². The molecule has 1 aliphatic rings. The summed E-state index contributed by atoms with van der Waals surface area (Å²) in [5.41, 5.74) is 0.845. The van der Waals surface area contributed by atoms with Crippen LogP contribution in [0.1, 0.15) is 12.8 Å². The molecule has 20 heavy (non-hydrogen) atoms. The molecule has 3 rings (SSSR count). The number of benzene rings is 1. The Balaban J connectivity index is 1.99. The van der Waals surface area contributed by atoms with Crippen LogP contribution in [0.4, 0.5) is 0 Å². The third kappa shape index (κ3) is 2.55. The van der Waals surface area contributed by atoms with Crippen molar-refractivity contribution in [2.75, 3.05) is 20.1 Å². The maximum absolute atomic E-state index is 12.6. The molecule has 0 bridgehead atoms. The number of piperidine rings is 1. The molecular weight excluding hydrogens is 270 g/mol. The van der Waals surface area contributed by atoms with Gasteiger partial charge in [0.15, 0.2) is 4.77 Å². The fourth-order valence-corrected chi connectivity index (χ4v) is 3.31. The van der Waals surface area contributed by atoms with Crippen molar-refractivity contribution in [1.82, 2.24) is 14.5 Å². The van der Waals surface area contributed by atoms with Crippen molar-refractivity contribution in [3.05, 3.63) is 39.4 Å². The average molecular weight is 289 g/mol. The highest BCUT2D eigenvalue weighted by Gasteiger charge is 2.18. The molecule has 0 radical (unpaired) electrons. The van der Waals surface area contributed by atoms with Crippen molar-refractivity contribution in [2.45, 2.75) is 19.4 Å². The molecule has 1 aromatic heterocycles. The number of para-hydroxylation sites is 1. The van der Waals surface area contributed by atoms with Gasteiger partial charge in [-0.3, -0.25) is 9.36 Å². The normalized spacial score (nSPS) is 20.4. The Labute approximate surface area is 123 Å². The van der Waals surface area contributed by atoms with E-state index in [-0.39, 0.29) is 5.56 Å². The third-order valence-electron chi connectivity index (χ3n) is 4.05. The second kappa shape index (κ2) is 5.50. The van der Waals surface area contributed by atoms with Crippen molar-refractivity contribution >= 4 is 23.1 Å². The minimum Gasteiger partial charge on any atom is -0.332 e. The van der Waals surface area contributed by atoms with Gasteiger partial charge in [-0.25, -0.2) is 0 Å². The highest BCUT2D eigenvalue weighted by atomic mass is 32.1. The number of rotatable bonds is 2. The number of hydrogen-bond acceptors (Lipinski definition) is 3. The second-order valence-electron chi connectivity index (χ2n) is 5.66. The Morgan fingerprint density at radius 2 is 2.20 bits per heavy atom. The smallest absolute Gasteiger partial charge is 0.262 e. The molecule has 0 aliphatic carbocycles. The van der Waals surface area contributed by atoms with Crippen LogP contribution in [0.2, 0.25) is 0 Å². The first-order valence-corrected chi connectivity index (χ1v) is 7.46. The molecule has 1 fully saturated rings. The van der Waals surface area contributed by atoms with Gasteiger partial charge in [0, 0.05) is 13.1 Å². The molecule has 1 atom stereocenters. The number of likely N-dealkylation sites (tertiary alicyclic amines) is 1. The predicted molar refractivity (Wildman–Crippen MR) is 83.6 cm³/mol. The largest absolute Gasteiger partial charge is 0.332 e. The molecule has 5 heteroatoms. The number of nitrogens with one attached hydrogen (secondary N) is 1. The topological polar surface area (TPSA) is 41.0 Å². The standard InChI is InChI=1S/C15H19N3OS/c1-17-8-4-5-11(9-17)10-18-14(19)12-6-2-3-7-13(12)16-15(18)20/h2-3,6-7,11H,4-5,8-10H2,1H3,(H,16,20)/t11-/m0/s1. The maximum atomic E-state index is 12.6. The molecule has 1 saturated heterocycles. The van der Waals surface area contributed by atoms with E-state index < -0.39 is 0 Å². The van der Waals surface area contributed by atoms with E-state index in [1.807, 2.05) is 24.3 Å². The Hall–Kier alpha value is -1.46. The van der Waals surface area contributed by atoms with E-state index in [1.54, 1.807) is 4.57 Å². The summed E-state index contributed by atoms with van der Waals surface area (Å²) in [6.07, 6.45) is 2.36. The number of H-pyrrole nitrogens is 1. The van der Waals surface area contributed by atoms with E-state index in [9.17, 15) is 4.79 Å². The first kappa shape index (κ1) is 13.5. The zero-order valence-electron chi connectivity index (χ0n) is 11.6. The van der Waals surface area contributed by atoms with Gasteiger partial charge in [-0.2, -0.15) is 0 Å². The van der Waals surface area contributed by atoms with Crippen molar-refractivity contribution in [1.29, 1.82) is 0 Å². The number of fused-ring (bicyclic) bond motifs is 1. The van der Waals surface area contributed by atoms with Gasteiger partial charge in [0.25, 0.3) is 5.56 Å². The van der Waals surface area contributed by atoms with Gasteiger partial charge in [0.2, 0.25) is 0 Å². The van der Waals surface area contributed by atoms with Crippen LogP contribution in [0.15, 0.2) is 29.1 Å². The van der Waals surface area contributed by atoms with E-state index in [0.29, 0.717) is 22.6 Å². The fourth-order valence-electron chi connectivity index (χ4n) is 3.05. The number of aromatic amines is 1. The van der Waals surface area contributed by atoms with Crippen LogP contribution in [-0.4, -0.2) is 34.6 Å². The lowest BCUT2D eigenvalue weighted by Crippen LogP contribution is -2.36. The summed E-state index contributed by atoms with van der Waals surface area (Å²) in [6.45, 7) is 2.90. The summed E-state index contributed by atoms with van der Waals surface area (Å²) in [7, 11) is 2.13. The monoisotopic (exact) mass is 289 g/mol.